The molecule has 49 heavy (non-hydrogen) atoms. The average molecular weight is 687 g/mol. The van der Waals surface area contributed by atoms with E-state index < -0.39 is 0 Å². The summed E-state index contributed by atoms with van der Waals surface area (Å²) in [6.07, 6.45) is 58.5. The average Bonchev–Trinajstić information content (AvgIpc) is 3.11. The van der Waals surface area contributed by atoms with Crippen LogP contribution in [0.1, 0.15) is 258 Å². The lowest BCUT2D eigenvalue weighted by molar-refractivity contribution is -0.143. The zero-order valence-electron chi connectivity index (χ0n) is 34.1. The van der Waals surface area contributed by atoms with Gasteiger partial charge in [0.05, 0.1) is 6.61 Å². The zero-order valence-corrected chi connectivity index (χ0v) is 34.1. The van der Waals surface area contributed by atoms with Crippen LogP contribution in [0.5, 0.6) is 0 Å². The van der Waals surface area contributed by atoms with Gasteiger partial charge in [-0.1, -0.05) is 231 Å². The van der Waals surface area contributed by atoms with Crippen molar-refractivity contribution in [1.29, 1.82) is 0 Å². The normalized spacial score (nSPS) is 12.5. The fourth-order valence-corrected chi connectivity index (χ4v) is 6.85. The number of hydrogen-bond acceptors (Lipinski definition) is 2. The summed E-state index contributed by atoms with van der Waals surface area (Å²) in [6, 6.07) is 0. The van der Waals surface area contributed by atoms with Crippen molar-refractivity contribution in [1.82, 2.24) is 0 Å². The summed E-state index contributed by atoms with van der Waals surface area (Å²) in [4.78, 5) is 12.0. The maximum Gasteiger partial charge on any atom is 0.305 e. The summed E-state index contributed by atoms with van der Waals surface area (Å²) in [6.45, 7) is 7.60. The van der Waals surface area contributed by atoms with Crippen molar-refractivity contribution in [2.24, 2.45) is 5.92 Å². The topological polar surface area (TPSA) is 26.3 Å². The number of allylic oxidation sites excluding steroid dienone is 4. The maximum atomic E-state index is 12.0. The van der Waals surface area contributed by atoms with Gasteiger partial charge in [0, 0.05) is 6.42 Å². The summed E-state index contributed by atoms with van der Waals surface area (Å²) < 4.78 is 5.46. The molecule has 0 fully saturated rings. The summed E-state index contributed by atoms with van der Waals surface area (Å²) in [5.41, 5.74) is 0. The quantitative estimate of drug-likeness (QED) is 0.0363. The highest BCUT2D eigenvalue weighted by Crippen LogP contribution is 2.17. The van der Waals surface area contributed by atoms with E-state index in [0.29, 0.717) is 13.0 Å². The van der Waals surface area contributed by atoms with Gasteiger partial charge in [-0.25, -0.2) is 0 Å². The van der Waals surface area contributed by atoms with E-state index in [1.54, 1.807) is 0 Å². The van der Waals surface area contributed by atoms with Crippen LogP contribution in [0, 0.1) is 5.92 Å². The first-order valence-electron chi connectivity index (χ1n) is 22.7. The Bertz CT molecular complexity index is 680. The molecular formula is C47H90O2. The molecule has 2 nitrogen and oxygen atoms in total. The van der Waals surface area contributed by atoms with Crippen molar-refractivity contribution in [3.63, 3.8) is 0 Å². The van der Waals surface area contributed by atoms with Gasteiger partial charge < -0.3 is 4.74 Å². The van der Waals surface area contributed by atoms with Gasteiger partial charge in [0.15, 0.2) is 0 Å². The SMILES string of the molecule is CCCCC/C=C\C/C=C\CCCCCCCC(=O)OCCCCCCCCCCCCCCCCCCCCCCCCCC(C)CC. The van der Waals surface area contributed by atoms with E-state index in [4.69, 9.17) is 4.74 Å². The lowest BCUT2D eigenvalue weighted by atomic mass is 9.99. The molecule has 0 rings (SSSR count). The van der Waals surface area contributed by atoms with Gasteiger partial charge in [-0.05, 0) is 50.9 Å². The van der Waals surface area contributed by atoms with E-state index in [1.165, 1.54) is 205 Å². The molecule has 0 aromatic heterocycles. The third-order valence-electron chi connectivity index (χ3n) is 10.6. The first-order chi connectivity index (χ1) is 24.2. The van der Waals surface area contributed by atoms with E-state index in [2.05, 4.69) is 45.1 Å². The van der Waals surface area contributed by atoms with Crippen LogP contribution in [-0.2, 0) is 9.53 Å². The Kier molecular flexibility index (Phi) is 42.2. The molecule has 0 saturated heterocycles. The number of hydrogen-bond donors (Lipinski definition) is 0. The molecule has 0 bridgehead atoms. The van der Waals surface area contributed by atoms with E-state index >= 15 is 0 Å². The van der Waals surface area contributed by atoms with Gasteiger partial charge in [0.1, 0.15) is 0 Å². The molecule has 0 aromatic carbocycles. The number of carbonyl (C=O) groups excluding carboxylic acids is 1. The number of ether oxygens (including phenoxy) is 1. The number of unbranched alkanes of at least 4 members (excludes halogenated alkanes) is 30. The second-order valence-corrected chi connectivity index (χ2v) is 15.6. The first kappa shape index (κ1) is 48.0. The van der Waals surface area contributed by atoms with Crippen molar-refractivity contribution in [3.8, 4) is 0 Å². The number of rotatable bonds is 41. The molecule has 0 heterocycles. The highest BCUT2D eigenvalue weighted by Gasteiger charge is 2.03. The standard InChI is InChI=1S/C47H90O2/c1-4-6-7-8-9-10-11-12-22-26-29-32-35-38-41-44-47(48)49-45-42-39-36-33-30-27-24-21-19-17-15-13-14-16-18-20-23-25-28-31-34-37-40-43-46(3)5-2/h9-10,12,22,46H,4-8,11,13-21,23-45H2,1-3H3/b10-9-,22-12-. The van der Waals surface area contributed by atoms with Gasteiger partial charge in [0.25, 0.3) is 0 Å². The van der Waals surface area contributed by atoms with Crippen molar-refractivity contribution < 1.29 is 9.53 Å². The molecule has 290 valence electrons. The molecule has 0 spiro atoms. The Labute approximate surface area is 309 Å². The van der Waals surface area contributed by atoms with Crippen molar-refractivity contribution in [2.75, 3.05) is 6.61 Å². The van der Waals surface area contributed by atoms with Crippen LogP contribution in [0.15, 0.2) is 24.3 Å². The third kappa shape index (κ3) is 43.0. The van der Waals surface area contributed by atoms with E-state index in [9.17, 15) is 4.79 Å². The van der Waals surface area contributed by atoms with Gasteiger partial charge in [-0.3, -0.25) is 4.79 Å². The smallest absolute Gasteiger partial charge is 0.305 e. The van der Waals surface area contributed by atoms with Crippen LogP contribution in [-0.4, -0.2) is 12.6 Å². The van der Waals surface area contributed by atoms with Gasteiger partial charge in [-0.15, -0.1) is 0 Å². The van der Waals surface area contributed by atoms with Crippen LogP contribution >= 0.6 is 0 Å². The lowest BCUT2D eigenvalue weighted by Gasteiger charge is -2.07. The van der Waals surface area contributed by atoms with Crippen LogP contribution < -0.4 is 0 Å². The van der Waals surface area contributed by atoms with Crippen molar-refractivity contribution >= 4 is 5.97 Å². The first-order valence-corrected chi connectivity index (χ1v) is 22.7. The highest BCUT2D eigenvalue weighted by atomic mass is 16.5. The predicted octanol–water partition coefficient (Wildman–Crippen LogP) is 16.8. The lowest BCUT2D eigenvalue weighted by Crippen LogP contribution is -2.05. The maximum absolute atomic E-state index is 12.0. The van der Waals surface area contributed by atoms with Gasteiger partial charge >= 0.3 is 5.97 Å². The fraction of sp³-hybridized carbons (Fsp3) is 0.894. The zero-order chi connectivity index (χ0) is 35.6. The summed E-state index contributed by atoms with van der Waals surface area (Å²) in [5.74, 6) is 0.950. The number of esters is 1. The molecule has 1 atom stereocenters. The third-order valence-corrected chi connectivity index (χ3v) is 10.6. The highest BCUT2D eigenvalue weighted by molar-refractivity contribution is 5.69. The van der Waals surface area contributed by atoms with Crippen molar-refractivity contribution in [3.05, 3.63) is 24.3 Å². The minimum Gasteiger partial charge on any atom is -0.466 e. The van der Waals surface area contributed by atoms with Crippen LogP contribution in [0.25, 0.3) is 0 Å². The van der Waals surface area contributed by atoms with Crippen LogP contribution in [0.2, 0.25) is 0 Å². The Morgan fingerprint density at radius 1 is 0.449 bits per heavy atom. The molecule has 2 heteroatoms. The van der Waals surface area contributed by atoms with Crippen LogP contribution in [0.4, 0.5) is 0 Å². The van der Waals surface area contributed by atoms with Crippen LogP contribution in [0.3, 0.4) is 0 Å². The molecule has 0 radical (unpaired) electrons. The molecule has 0 N–H and O–H groups in total. The Morgan fingerprint density at radius 2 is 0.816 bits per heavy atom. The van der Waals surface area contributed by atoms with E-state index in [0.717, 1.165) is 31.6 Å². The molecule has 0 amide bonds. The number of carbonyl (C=O) groups is 1. The molecule has 1 unspecified atom stereocenters. The van der Waals surface area contributed by atoms with E-state index in [1.807, 2.05) is 0 Å². The molecule has 0 aromatic rings. The second-order valence-electron chi connectivity index (χ2n) is 15.6. The minimum absolute atomic E-state index is 0.0140. The Morgan fingerprint density at radius 3 is 1.24 bits per heavy atom. The minimum atomic E-state index is 0.0140. The molecule has 0 aliphatic carbocycles. The second kappa shape index (κ2) is 43.1. The molecule has 0 aliphatic heterocycles. The largest absolute Gasteiger partial charge is 0.466 e. The molecule has 0 aliphatic rings. The Balaban J connectivity index is 3.19. The summed E-state index contributed by atoms with van der Waals surface area (Å²) in [7, 11) is 0. The fourth-order valence-electron chi connectivity index (χ4n) is 6.85. The Hall–Kier alpha value is -1.05. The molecule has 0 saturated carbocycles. The van der Waals surface area contributed by atoms with Crippen molar-refractivity contribution in [2.45, 2.75) is 258 Å². The van der Waals surface area contributed by atoms with Gasteiger partial charge in [0.2, 0.25) is 0 Å². The summed E-state index contributed by atoms with van der Waals surface area (Å²) >= 11 is 0. The molecular weight excluding hydrogens is 597 g/mol. The monoisotopic (exact) mass is 687 g/mol. The summed E-state index contributed by atoms with van der Waals surface area (Å²) in [5, 5.41) is 0. The van der Waals surface area contributed by atoms with E-state index in [-0.39, 0.29) is 5.97 Å². The van der Waals surface area contributed by atoms with Gasteiger partial charge in [-0.2, -0.15) is 0 Å². The predicted molar refractivity (Wildman–Crippen MR) is 221 cm³/mol.